The van der Waals surface area contributed by atoms with Crippen LogP contribution in [-0.2, 0) is 11.3 Å². The zero-order chi connectivity index (χ0) is 17.6. The molecule has 7 nitrogen and oxygen atoms in total. The highest BCUT2D eigenvalue weighted by molar-refractivity contribution is 6.04. The van der Waals surface area contributed by atoms with Crippen LogP contribution >= 0.6 is 0 Å². The van der Waals surface area contributed by atoms with Crippen LogP contribution in [0.25, 0.3) is 5.69 Å². The van der Waals surface area contributed by atoms with Crippen molar-refractivity contribution in [2.24, 2.45) is 0 Å². The lowest BCUT2D eigenvalue weighted by Gasteiger charge is -2.35. The highest BCUT2D eigenvalue weighted by Gasteiger charge is 2.45. The molecule has 3 heterocycles. The van der Waals surface area contributed by atoms with Gasteiger partial charge in [-0.2, -0.15) is 0 Å². The summed E-state index contributed by atoms with van der Waals surface area (Å²) in [4.78, 5) is 33.5. The van der Waals surface area contributed by atoms with Gasteiger partial charge in [-0.05, 0) is 30.2 Å². The number of aromatic nitrogens is 2. The molecule has 1 atom stereocenters. The molecule has 2 saturated heterocycles. The fourth-order valence-electron chi connectivity index (χ4n) is 3.60. The molecular weight excluding hydrogens is 318 g/mol. The molecule has 2 aliphatic heterocycles. The molecule has 4 rings (SSSR count). The molecule has 130 valence electrons. The van der Waals surface area contributed by atoms with E-state index in [1.807, 2.05) is 10.8 Å². The number of hydrogen-bond acceptors (Lipinski definition) is 4. The van der Waals surface area contributed by atoms with E-state index >= 15 is 0 Å². The maximum atomic E-state index is 12.2. The molecule has 1 aromatic heterocycles. The van der Waals surface area contributed by atoms with Crippen molar-refractivity contribution in [3.8, 4) is 5.69 Å². The molecule has 0 aliphatic carbocycles. The number of piperazine rings is 1. The molecule has 1 aromatic carbocycles. The number of nitrogens with zero attached hydrogens (tertiary/aromatic N) is 5. The summed E-state index contributed by atoms with van der Waals surface area (Å²) in [5, 5.41) is 0. The molecule has 2 aromatic rings. The first-order chi connectivity index (χ1) is 12.0. The van der Waals surface area contributed by atoms with Crippen molar-refractivity contribution in [2.75, 3.05) is 26.7 Å². The maximum Gasteiger partial charge on any atom is 0.327 e. The van der Waals surface area contributed by atoms with Crippen molar-refractivity contribution >= 4 is 11.9 Å². The van der Waals surface area contributed by atoms with Crippen molar-refractivity contribution < 1.29 is 9.59 Å². The Morgan fingerprint density at radius 2 is 2.08 bits per heavy atom. The van der Waals surface area contributed by atoms with Gasteiger partial charge in [-0.1, -0.05) is 6.07 Å². The molecular formula is C18H21N5O2. The lowest BCUT2D eigenvalue weighted by molar-refractivity contribution is -0.128. The lowest BCUT2D eigenvalue weighted by atomic mass is 10.1. The highest BCUT2D eigenvalue weighted by atomic mass is 16.2. The molecule has 0 spiro atoms. The zero-order valence-electron chi connectivity index (χ0n) is 14.4. The number of benzene rings is 1. The number of amides is 3. The van der Waals surface area contributed by atoms with Crippen LogP contribution in [0.5, 0.6) is 0 Å². The van der Waals surface area contributed by atoms with Crippen LogP contribution in [0.15, 0.2) is 36.9 Å². The summed E-state index contributed by atoms with van der Waals surface area (Å²) in [6, 6.07) is 5.85. The highest BCUT2D eigenvalue weighted by Crippen LogP contribution is 2.23. The predicted octanol–water partition coefficient (Wildman–Crippen LogP) is 1.26. The van der Waals surface area contributed by atoms with Gasteiger partial charge in [0.05, 0.1) is 6.33 Å². The Labute approximate surface area is 146 Å². The van der Waals surface area contributed by atoms with Gasteiger partial charge >= 0.3 is 6.03 Å². The second kappa shape index (κ2) is 6.00. The Hall–Kier alpha value is -2.67. The van der Waals surface area contributed by atoms with Crippen LogP contribution in [-0.4, -0.2) is 68.9 Å². The second-order valence-electron chi connectivity index (χ2n) is 6.70. The van der Waals surface area contributed by atoms with Gasteiger partial charge in [0.1, 0.15) is 6.04 Å². The number of aryl methyl sites for hydroxylation is 1. The molecule has 0 N–H and O–H groups in total. The number of imide groups is 1. The van der Waals surface area contributed by atoms with E-state index in [2.05, 4.69) is 35.0 Å². The summed E-state index contributed by atoms with van der Waals surface area (Å²) in [7, 11) is 1.56. The minimum atomic E-state index is -0.336. The summed E-state index contributed by atoms with van der Waals surface area (Å²) in [5.74, 6) is -0.0955. The first-order valence-corrected chi connectivity index (χ1v) is 8.43. The van der Waals surface area contributed by atoms with Crippen molar-refractivity contribution in [3.05, 3.63) is 48.0 Å². The molecule has 2 aliphatic rings. The monoisotopic (exact) mass is 339 g/mol. The Morgan fingerprint density at radius 1 is 1.24 bits per heavy atom. The van der Waals surface area contributed by atoms with E-state index in [1.54, 1.807) is 24.5 Å². The number of likely N-dealkylation sites (N-methyl/N-ethyl adjacent to an activating group) is 1. The van der Waals surface area contributed by atoms with Crippen LogP contribution in [0.1, 0.15) is 11.1 Å². The fraction of sp³-hybridized carbons (Fsp3) is 0.389. The molecule has 25 heavy (non-hydrogen) atoms. The summed E-state index contributed by atoms with van der Waals surface area (Å²) in [6.07, 6.45) is 5.47. The molecule has 1 unspecified atom stereocenters. The summed E-state index contributed by atoms with van der Waals surface area (Å²) in [5.41, 5.74) is 3.53. The quantitative estimate of drug-likeness (QED) is 0.790. The van der Waals surface area contributed by atoms with Crippen LogP contribution in [0.2, 0.25) is 0 Å². The standard InChI is InChI=1S/C18H21N5O2/c1-13-9-15(22-6-5-19-12-22)4-3-14(13)10-21-7-8-23-16(11-21)17(24)20(2)18(23)25/h3-6,9,12,16H,7-8,10-11H2,1-2H3. The van der Waals surface area contributed by atoms with Crippen LogP contribution in [0, 0.1) is 6.92 Å². The third-order valence-electron chi connectivity index (χ3n) is 5.14. The number of carbonyl (C=O) groups is 2. The topological polar surface area (TPSA) is 61.7 Å². The van der Waals surface area contributed by atoms with Gasteiger partial charge < -0.3 is 9.47 Å². The van der Waals surface area contributed by atoms with E-state index in [4.69, 9.17) is 0 Å². The maximum absolute atomic E-state index is 12.2. The normalized spacial score (nSPS) is 21.1. The van der Waals surface area contributed by atoms with Crippen molar-refractivity contribution in [1.82, 2.24) is 24.3 Å². The van der Waals surface area contributed by atoms with Crippen LogP contribution < -0.4 is 0 Å². The van der Waals surface area contributed by atoms with E-state index in [9.17, 15) is 9.59 Å². The van der Waals surface area contributed by atoms with Gasteiger partial charge in [0.25, 0.3) is 5.91 Å². The SMILES string of the molecule is Cc1cc(-n2ccnc2)ccc1CN1CCN2C(=O)N(C)C(=O)C2C1. The van der Waals surface area contributed by atoms with Gasteiger partial charge in [0, 0.05) is 51.3 Å². The molecule has 0 saturated carbocycles. The van der Waals surface area contributed by atoms with E-state index < -0.39 is 0 Å². The van der Waals surface area contributed by atoms with Crippen molar-refractivity contribution in [1.29, 1.82) is 0 Å². The Balaban J connectivity index is 1.48. The third kappa shape index (κ3) is 2.70. The average Bonchev–Trinajstić information content (AvgIpc) is 3.22. The van der Waals surface area contributed by atoms with Gasteiger partial charge in [0.15, 0.2) is 0 Å². The Morgan fingerprint density at radius 3 is 2.80 bits per heavy atom. The first kappa shape index (κ1) is 15.8. The Kier molecular flexibility index (Phi) is 3.80. The minimum Gasteiger partial charge on any atom is -0.310 e. The van der Waals surface area contributed by atoms with E-state index in [0.717, 1.165) is 18.8 Å². The zero-order valence-corrected chi connectivity index (χ0v) is 14.4. The Bertz CT molecular complexity index is 817. The van der Waals surface area contributed by atoms with Gasteiger partial charge in [-0.15, -0.1) is 0 Å². The van der Waals surface area contributed by atoms with E-state index in [1.165, 1.54) is 16.0 Å². The molecule has 0 radical (unpaired) electrons. The molecule has 2 fully saturated rings. The number of fused-ring (bicyclic) bond motifs is 1. The second-order valence-corrected chi connectivity index (χ2v) is 6.70. The smallest absolute Gasteiger partial charge is 0.310 e. The molecule has 3 amide bonds. The van der Waals surface area contributed by atoms with E-state index in [-0.39, 0.29) is 18.0 Å². The number of rotatable bonds is 3. The number of imidazole rings is 1. The predicted molar refractivity (Wildman–Crippen MR) is 92.2 cm³/mol. The van der Waals surface area contributed by atoms with Crippen molar-refractivity contribution in [3.63, 3.8) is 0 Å². The van der Waals surface area contributed by atoms with Crippen LogP contribution in [0.4, 0.5) is 4.79 Å². The van der Waals surface area contributed by atoms with Crippen LogP contribution in [0.3, 0.4) is 0 Å². The largest absolute Gasteiger partial charge is 0.327 e. The lowest BCUT2D eigenvalue weighted by Crippen LogP contribution is -2.52. The van der Waals surface area contributed by atoms with Gasteiger partial charge in [-0.3, -0.25) is 14.6 Å². The summed E-state index contributed by atoms with van der Waals surface area (Å²) >= 11 is 0. The number of hydrogen-bond donors (Lipinski definition) is 0. The minimum absolute atomic E-state index is 0.0955. The summed E-state index contributed by atoms with van der Waals surface area (Å²) in [6.45, 7) is 4.87. The van der Waals surface area contributed by atoms with Crippen molar-refractivity contribution in [2.45, 2.75) is 19.5 Å². The average molecular weight is 339 g/mol. The third-order valence-corrected chi connectivity index (χ3v) is 5.14. The first-order valence-electron chi connectivity index (χ1n) is 8.43. The van der Waals surface area contributed by atoms with Gasteiger partial charge in [-0.25, -0.2) is 9.78 Å². The van der Waals surface area contributed by atoms with E-state index in [0.29, 0.717) is 13.1 Å². The fourth-order valence-corrected chi connectivity index (χ4v) is 3.60. The molecule has 0 bridgehead atoms. The number of carbonyl (C=O) groups excluding carboxylic acids is 2. The number of urea groups is 1. The summed E-state index contributed by atoms with van der Waals surface area (Å²) < 4.78 is 1.98. The van der Waals surface area contributed by atoms with Gasteiger partial charge in [0.2, 0.25) is 0 Å². The molecule has 7 heteroatoms.